The smallest absolute Gasteiger partial charge is 0.223 e. The van der Waals surface area contributed by atoms with Gasteiger partial charge in [0.25, 0.3) is 0 Å². The maximum Gasteiger partial charge on any atom is 0.223 e. The van der Waals surface area contributed by atoms with Gasteiger partial charge in [-0.1, -0.05) is 12.8 Å². The molecule has 2 aliphatic rings. The third-order valence-corrected chi connectivity index (χ3v) is 3.97. The van der Waals surface area contributed by atoms with E-state index in [4.69, 9.17) is 5.26 Å². The first-order chi connectivity index (χ1) is 7.55. The maximum atomic E-state index is 11.9. The summed E-state index contributed by atoms with van der Waals surface area (Å²) >= 11 is 0. The molecule has 0 bridgehead atoms. The fraction of sp³-hybridized carbons (Fsp3) is 0.846. The first-order valence-corrected chi connectivity index (χ1v) is 6.24. The Balaban J connectivity index is 1.80. The first-order valence-electron chi connectivity index (χ1n) is 6.24. The summed E-state index contributed by atoms with van der Waals surface area (Å²) in [6, 6.07) is 2.20. The summed E-state index contributed by atoms with van der Waals surface area (Å²) in [4.78, 5) is 11.9. The fourth-order valence-electron chi connectivity index (χ4n) is 2.85. The van der Waals surface area contributed by atoms with Gasteiger partial charge in [-0.3, -0.25) is 4.79 Å². The van der Waals surface area contributed by atoms with Crippen molar-refractivity contribution in [3.05, 3.63) is 0 Å². The molecule has 0 spiro atoms. The molecular weight excluding hydrogens is 200 g/mol. The summed E-state index contributed by atoms with van der Waals surface area (Å²) in [5, 5.41) is 11.8. The van der Waals surface area contributed by atoms with Crippen molar-refractivity contribution in [1.29, 1.82) is 5.26 Å². The van der Waals surface area contributed by atoms with Crippen molar-refractivity contribution >= 4 is 5.91 Å². The number of rotatable bonds is 3. The zero-order chi connectivity index (χ0) is 11.8. The molecule has 0 heterocycles. The molecule has 2 rings (SSSR count). The number of nitrogens with zero attached hydrogens (tertiary/aromatic N) is 1. The minimum absolute atomic E-state index is 0.181. The van der Waals surface area contributed by atoms with E-state index in [9.17, 15) is 4.79 Å². The second-order valence-electron chi connectivity index (χ2n) is 5.85. The highest BCUT2D eigenvalue weighted by Crippen LogP contribution is 2.55. The average Bonchev–Trinajstić information content (AvgIpc) is 3.00. The Morgan fingerprint density at radius 2 is 1.94 bits per heavy atom. The Labute approximate surface area is 97.2 Å². The van der Waals surface area contributed by atoms with Gasteiger partial charge in [-0.2, -0.15) is 5.26 Å². The predicted molar refractivity (Wildman–Crippen MR) is 61.3 cm³/mol. The second-order valence-corrected chi connectivity index (χ2v) is 5.85. The van der Waals surface area contributed by atoms with Gasteiger partial charge < -0.3 is 5.32 Å². The van der Waals surface area contributed by atoms with E-state index in [1.54, 1.807) is 0 Å². The van der Waals surface area contributed by atoms with Crippen LogP contribution < -0.4 is 5.32 Å². The molecule has 0 aliphatic heterocycles. The van der Waals surface area contributed by atoms with E-state index in [1.165, 1.54) is 25.7 Å². The highest BCUT2D eigenvalue weighted by atomic mass is 16.2. The molecule has 2 aliphatic carbocycles. The molecule has 0 aromatic heterocycles. The van der Waals surface area contributed by atoms with Crippen LogP contribution in [-0.2, 0) is 4.79 Å². The lowest BCUT2D eigenvalue weighted by Crippen LogP contribution is -2.34. The van der Waals surface area contributed by atoms with E-state index in [2.05, 4.69) is 11.4 Å². The summed E-state index contributed by atoms with van der Waals surface area (Å²) in [6.07, 6.45) is 5.03. The number of nitriles is 1. The molecule has 0 radical (unpaired) electrons. The van der Waals surface area contributed by atoms with Gasteiger partial charge in [0.1, 0.15) is 0 Å². The molecule has 88 valence electrons. The summed E-state index contributed by atoms with van der Waals surface area (Å²) in [5.41, 5.74) is -0.449. The number of carbonyl (C=O) groups is 1. The molecule has 1 N–H and O–H groups in total. The predicted octanol–water partition coefficient (Wildman–Crippen LogP) is 2.09. The van der Waals surface area contributed by atoms with Crippen molar-refractivity contribution in [1.82, 2.24) is 5.32 Å². The minimum atomic E-state index is -0.449. The summed E-state index contributed by atoms with van der Waals surface area (Å²) in [7, 11) is 0. The largest absolute Gasteiger partial charge is 0.354 e. The van der Waals surface area contributed by atoms with Gasteiger partial charge in [0.15, 0.2) is 0 Å². The molecule has 2 unspecified atom stereocenters. The van der Waals surface area contributed by atoms with E-state index in [0.717, 1.165) is 0 Å². The number of nitrogens with one attached hydrogen (secondary N) is 1. The standard InChI is InChI=1S/C13H20N2O/c1-13(2,7-14)8-15-12(16)11-9-5-3-4-6-10(9)11/h9-11H,3-6,8H2,1-2H3,(H,15,16). The number of hydrogen-bond acceptors (Lipinski definition) is 2. The van der Waals surface area contributed by atoms with Crippen molar-refractivity contribution < 1.29 is 4.79 Å². The average molecular weight is 220 g/mol. The lowest BCUT2D eigenvalue weighted by atomic mass is 9.96. The Morgan fingerprint density at radius 1 is 1.38 bits per heavy atom. The molecule has 0 saturated heterocycles. The quantitative estimate of drug-likeness (QED) is 0.791. The van der Waals surface area contributed by atoms with Gasteiger partial charge in [0, 0.05) is 12.5 Å². The van der Waals surface area contributed by atoms with E-state index in [0.29, 0.717) is 18.4 Å². The fourth-order valence-corrected chi connectivity index (χ4v) is 2.85. The SMILES string of the molecule is CC(C)(C#N)CNC(=O)C1C2CCCCC21. The number of hydrogen-bond donors (Lipinski definition) is 1. The lowest BCUT2D eigenvalue weighted by Gasteiger charge is -2.15. The van der Waals surface area contributed by atoms with Crippen molar-refractivity contribution in [2.24, 2.45) is 23.2 Å². The van der Waals surface area contributed by atoms with Crippen LogP contribution in [0.5, 0.6) is 0 Å². The van der Waals surface area contributed by atoms with Crippen LogP contribution in [0.4, 0.5) is 0 Å². The summed E-state index contributed by atoms with van der Waals surface area (Å²) < 4.78 is 0. The Morgan fingerprint density at radius 3 is 2.44 bits per heavy atom. The summed E-state index contributed by atoms with van der Waals surface area (Å²) in [5.74, 6) is 1.75. The van der Waals surface area contributed by atoms with Crippen molar-refractivity contribution in [2.75, 3.05) is 6.54 Å². The van der Waals surface area contributed by atoms with Crippen molar-refractivity contribution in [3.63, 3.8) is 0 Å². The van der Waals surface area contributed by atoms with Crippen LogP contribution >= 0.6 is 0 Å². The van der Waals surface area contributed by atoms with E-state index in [1.807, 2.05) is 13.8 Å². The molecule has 16 heavy (non-hydrogen) atoms. The summed E-state index contributed by atoms with van der Waals surface area (Å²) in [6.45, 7) is 4.18. The zero-order valence-electron chi connectivity index (χ0n) is 10.1. The van der Waals surface area contributed by atoms with Crippen LogP contribution in [-0.4, -0.2) is 12.5 Å². The van der Waals surface area contributed by atoms with Crippen molar-refractivity contribution in [3.8, 4) is 6.07 Å². The normalized spacial score (nSPS) is 32.4. The Kier molecular flexibility index (Phi) is 2.92. The van der Waals surface area contributed by atoms with Gasteiger partial charge in [-0.05, 0) is 38.5 Å². The van der Waals surface area contributed by atoms with Gasteiger partial charge in [-0.25, -0.2) is 0 Å². The van der Waals surface area contributed by atoms with E-state index >= 15 is 0 Å². The minimum Gasteiger partial charge on any atom is -0.354 e. The van der Waals surface area contributed by atoms with Gasteiger partial charge in [0.05, 0.1) is 11.5 Å². The third-order valence-electron chi connectivity index (χ3n) is 3.97. The van der Waals surface area contributed by atoms with Crippen LogP contribution in [0.2, 0.25) is 0 Å². The number of fused-ring (bicyclic) bond motifs is 1. The van der Waals surface area contributed by atoms with Gasteiger partial charge in [0.2, 0.25) is 5.91 Å². The molecule has 1 amide bonds. The highest BCUT2D eigenvalue weighted by Gasteiger charge is 2.54. The Bertz CT molecular complexity index is 317. The highest BCUT2D eigenvalue weighted by molar-refractivity contribution is 5.82. The number of amides is 1. The van der Waals surface area contributed by atoms with Gasteiger partial charge in [-0.15, -0.1) is 0 Å². The van der Waals surface area contributed by atoms with Crippen LogP contribution in [0.1, 0.15) is 39.5 Å². The first kappa shape index (κ1) is 11.4. The molecule has 0 aromatic carbocycles. The zero-order valence-corrected chi connectivity index (χ0v) is 10.1. The topological polar surface area (TPSA) is 52.9 Å². The number of carbonyl (C=O) groups excluding carboxylic acids is 1. The van der Waals surface area contributed by atoms with Crippen LogP contribution in [0, 0.1) is 34.5 Å². The van der Waals surface area contributed by atoms with Gasteiger partial charge >= 0.3 is 0 Å². The maximum absolute atomic E-state index is 11.9. The van der Waals surface area contributed by atoms with E-state index < -0.39 is 5.41 Å². The van der Waals surface area contributed by atoms with Crippen molar-refractivity contribution in [2.45, 2.75) is 39.5 Å². The lowest BCUT2D eigenvalue weighted by molar-refractivity contribution is -0.123. The van der Waals surface area contributed by atoms with Crippen LogP contribution in [0.3, 0.4) is 0 Å². The third kappa shape index (κ3) is 2.21. The molecule has 3 heteroatoms. The Hall–Kier alpha value is -1.04. The molecule has 2 fully saturated rings. The second kappa shape index (κ2) is 4.08. The molecule has 2 saturated carbocycles. The molecular formula is C13H20N2O. The molecule has 3 nitrogen and oxygen atoms in total. The van der Waals surface area contributed by atoms with Crippen LogP contribution in [0.25, 0.3) is 0 Å². The molecule has 2 atom stereocenters. The van der Waals surface area contributed by atoms with E-state index in [-0.39, 0.29) is 11.8 Å². The monoisotopic (exact) mass is 220 g/mol. The molecule has 0 aromatic rings. The van der Waals surface area contributed by atoms with Crippen LogP contribution in [0.15, 0.2) is 0 Å².